The van der Waals surface area contributed by atoms with Crippen LogP contribution in [0, 0.1) is 0 Å². The number of carbonyl (C=O) groups excluding carboxylic acids is 1. The molecule has 122 valence electrons. The highest BCUT2D eigenvalue weighted by Gasteiger charge is 2.25. The number of furan rings is 1. The predicted octanol–water partition coefficient (Wildman–Crippen LogP) is 4.71. The van der Waals surface area contributed by atoms with Gasteiger partial charge in [-0.15, -0.1) is 23.5 Å². The van der Waals surface area contributed by atoms with Crippen LogP contribution in [0.25, 0.3) is 0 Å². The Bertz CT molecular complexity index is 642. The van der Waals surface area contributed by atoms with Crippen molar-refractivity contribution in [3.63, 3.8) is 0 Å². The highest BCUT2D eigenvalue weighted by Crippen LogP contribution is 2.35. The van der Waals surface area contributed by atoms with Gasteiger partial charge in [0.1, 0.15) is 5.76 Å². The number of nitrogens with zero attached hydrogens (tertiary/aromatic N) is 1. The minimum Gasteiger partial charge on any atom is -0.468 e. The summed E-state index contributed by atoms with van der Waals surface area (Å²) in [4.78, 5) is 16.0. The molecule has 0 radical (unpaired) electrons. The average Bonchev–Trinajstić information content (AvgIpc) is 3.00. The van der Waals surface area contributed by atoms with Gasteiger partial charge in [-0.3, -0.25) is 4.79 Å². The number of rotatable bonds is 4. The first-order chi connectivity index (χ1) is 11.3. The van der Waals surface area contributed by atoms with Crippen molar-refractivity contribution in [1.29, 1.82) is 0 Å². The van der Waals surface area contributed by atoms with E-state index in [0.717, 1.165) is 47.2 Å². The Hall–Kier alpha value is -1.33. The smallest absolute Gasteiger partial charge is 0.255 e. The number of carbonyl (C=O) groups is 1. The van der Waals surface area contributed by atoms with Crippen molar-refractivity contribution in [2.24, 2.45) is 0 Å². The molecule has 1 aromatic carbocycles. The lowest BCUT2D eigenvalue weighted by molar-refractivity contribution is 0.0762. The molecule has 0 bridgehead atoms. The molecule has 0 aliphatic carbocycles. The molecule has 2 aromatic rings. The van der Waals surface area contributed by atoms with Gasteiger partial charge in [-0.2, -0.15) is 0 Å². The van der Waals surface area contributed by atoms with Crippen LogP contribution >= 0.6 is 23.5 Å². The first-order valence-corrected chi connectivity index (χ1v) is 9.99. The molecular weight excluding hydrogens is 326 g/mol. The first kappa shape index (κ1) is 16.5. The molecule has 1 aromatic heterocycles. The summed E-state index contributed by atoms with van der Waals surface area (Å²) in [6, 6.07) is 11.9. The Morgan fingerprint density at radius 3 is 2.96 bits per heavy atom. The molecule has 1 atom stereocenters. The summed E-state index contributed by atoms with van der Waals surface area (Å²) in [5.41, 5.74) is 0.834. The Kier molecular flexibility index (Phi) is 5.73. The van der Waals surface area contributed by atoms with E-state index in [1.54, 1.807) is 18.0 Å². The lowest BCUT2D eigenvalue weighted by Crippen LogP contribution is -2.33. The molecular formula is C18H21NO2S2. The van der Waals surface area contributed by atoms with Gasteiger partial charge in [0.15, 0.2) is 0 Å². The third-order valence-corrected chi connectivity index (χ3v) is 6.15. The molecule has 1 fully saturated rings. The maximum Gasteiger partial charge on any atom is 0.255 e. The number of benzene rings is 1. The maximum absolute atomic E-state index is 12.9. The summed E-state index contributed by atoms with van der Waals surface area (Å²) in [5, 5.41) is 0.350. The fraction of sp³-hybridized carbons (Fsp3) is 0.389. The van der Waals surface area contributed by atoms with Gasteiger partial charge in [0.25, 0.3) is 5.91 Å². The fourth-order valence-corrected chi connectivity index (χ4v) is 4.75. The molecule has 0 saturated carbocycles. The zero-order valence-corrected chi connectivity index (χ0v) is 14.9. The molecule has 0 N–H and O–H groups in total. The second kappa shape index (κ2) is 7.97. The minimum absolute atomic E-state index is 0.155. The van der Waals surface area contributed by atoms with Crippen molar-refractivity contribution in [3.05, 3.63) is 54.0 Å². The summed E-state index contributed by atoms with van der Waals surface area (Å²) in [7, 11) is 0. The molecule has 0 unspecified atom stereocenters. The van der Waals surface area contributed by atoms with Crippen molar-refractivity contribution >= 4 is 29.4 Å². The van der Waals surface area contributed by atoms with E-state index in [1.807, 2.05) is 53.1 Å². The van der Waals surface area contributed by atoms with Gasteiger partial charge in [-0.1, -0.05) is 19.1 Å². The van der Waals surface area contributed by atoms with E-state index < -0.39 is 0 Å². The quantitative estimate of drug-likeness (QED) is 0.750. The molecule has 23 heavy (non-hydrogen) atoms. The summed E-state index contributed by atoms with van der Waals surface area (Å²) >= 11 is 3.61. The fourth-order valence-electron chi connectivity index (χ4n) is 2.77. The van der Waals surface area contributed by atoms with E-state index in [-0.39, 0.29) is 5.91 Å². The number of amides is 1. The largest absolute Gasteiger partial charge is 0.468 e. The zero-order chi connectivity index (χ0) is 16.1. The van der Waals surface area contributed by atoms with E-state index >= 15 is 0 Å². The van der Waals surface area contributed by atoms with E-state index in [9.17, 15) is 4.79 Å². The van der Waals surface area contributed by atoms with Crippen LogP contribution in [-0.2, 0) is 0 Å². The van der Waals surface area contributed by atoms with Crippen molar-refractivity contribution in [2.45, 2.75) is 23.5 Å². The third-order valence-electron chi connectivity index (χ3n) is 3.91. The molecule has 1 saturated heterocycles. The van der Waals surface area contributed by atoms with Crippen LogP contribution in [0.5, 0.6) is 0 Å². The highest BCUT2D eigenvalue weighted by molar-refractivity contribution is 7.99. The molecule has 5 heteroatoms. The summed E-state index contributed by atoms with van der Waals surface area (Å²) < 4.78 is 5.53. The Morgan fingerprint density at radius 1 is 1.30 bits per heavy atom. The third kappa shape index (κ3) is 3.96. The molecule has 1 aliphatic heterocycles. The number of hydrogen-bond acceptors (Lipinski definition) is 4. The predicted molar refractivity (Wildman–Crippen MR) is 97.3 cm³/mol. The van der Waals surface area contributed by atoms with Crippen molar-refractivity contribution in [2.75, 3.05) is 24.6 Å². The van der Waals surface area contributed by atoms with Crippen LogP contribution in [0.15, 0.2) is 52.0 Å². The second-order valence-electron chi connectivity index (χ2n) is 5.38. The van der Waals surface area contributed by atoms with Gasteiger partial charge in [-0.05, 0) is 36.4 Å². The lowest BCUT2D eigenvalue weighted by atomic mass is 10.1. The topological polar surface area (TPSA) is 33.5 Å². The van der Waals surface area contributed by atoms with Crippen LogP contribution in [0.1, 0.15) is 34.7 Å². The number of hydrogen-bond donors (Lipinski definition) is 0. The summed E-state index contributed by atoms with van der Waals surface area (Å²) in [6.45, 7) is 3.69. The van der Waals surface area contributed by atoms with Crippen LogP contribution < -0.4 is 0 Å². The van der Waals surface area contributed by atoms with Crippen molar-refractivity contribution in [1.82, 2.24) is 4.90 Å². The van der Waals surface area contributed by atoms with Gasteiger partial charge < -0.3 is 9.32 Å². The van der Waals surface area contributed by atoms with Gasteiger partial charge in [0.05, 0.1) is 17.1 Å². The van der Waals surface area contributed by atoms with Gasteiger partial charge in [0.2, 0.25) is 0 Å². The van der Waals surface area contributed by atoms with Crippen LogP contribution in [0.4, 0.5) is 0 Å². The number of thioether (sulfide) groups is 2. The Balaban J connectivity index is 1.71. The lowest BCUT2D eigenvalue weighted by Gasteiger charge is -2.21. The highest BCUT2D eigenvalue weighted by atomic mass is 32.2. The Morgan fingerprint density at radius 2 is 2.17 bits per heavy atom. The SMILES string of the molecule is CCSc1ccccc1C(=O)N1CCS[C@H](c2ccco2)CC1. The molecule has 1 amide bonds. The normalized spacial score (nSPS) is 18.7. The van der Waals surface area contributed by atoms with E-state index in [4.69, 9.17) is 4.42 Å². The van der Waals surface area contributed by atoms with E-state index in [0.29, 0.717) is 5.25 Å². The van der Waals surface area contributed by atoms with E-state index in [1.165, 1.54) is 0 Å². The standard InChI is InChI=1S/C18H21NO2S2/c1-2-22-16-8-4-3-6-14(16)18(20)19-10-9-17(23-13-11-19)15-7-5-12-21-15/h3-8,12,17H,2,9-11,13H2,1H3/t17-/m0/s1. The van der Waals surface area contributed by atoms with Crippen molar-refractivity contribution in [3.8, 4) is 0 Å². The second-order valence-corrected chi connectivity index (χ2v) is 8.00. The van der Waals surface area contributed by atoms with Gasteiger partial charge in [-0.25, -0.2) is 0 Å². The molecule has 3 rings (SSSR count). The first-order valence-electron chi connectivity index (χ1n) is 7.95. The zero-order valence-electron chi connectivity index (χ0n) is 13.2. The van der Waals surface area contributed by atoms with E-state index in [2.05, 4.69) is 6.92 Å². The monoisotopic (exact) mass is 347 g/mol. The maximum atomic E-state index is 12.9. The van der Waals surface area contributed by atoms with Crippen molar-refractivity contribution < 1.29 is 9.21 Å². The van der Waals surface area contributed by atoms with Gasteiger partial charge in [0, 0.05) is 23.7 Å². The van der Waals surface area contributed by atoms with Crippen LogP contribution in [0.3, 0.4) is 0 Å². The molecule has 2 heterocycles. The minimum atomic E-state index is 0.155. The molecule has 3 nitrogen and oxygen atoms in total. The average molecular weight is 348 g/mol. The van der Waals surface area contributed by atoms with Crippen LogP contribution in [-0.4, -0.2) is 35.4 Å². The Labute approximate surface area is 145 Å². The van der Waals surface area contributed by atoms with Gasteiger partial charge >= 0.3 is 0 Å². The summed E-state index contributed by atoms with van der Waals surface area (Å²) in [5.74, 6) is 3.09. The summed E-state index contributed by atoms with van der Waals surface area (Å²) in [6.07, 6.45) is 2.66. The molecule has 1 aliphatic rings. The molecule has 0 spiro atoms. The van der Waals surface area contributed by atoms with Crippen LogP contribution in [0.2, 0.25) is 0 Å².